The Bertz CT molecular complexity index is 1810. The predicted molar refractivity (Wildman–Crippen MR) is 194 cm³/mol. The number of hydrogen-bond donors (Lipinski definition) is 1. The van der Waals surface area contributed by atoms with E-state index in [1.807, 2.05) is 48.5 Å². The van der Waals surface area contributed by atoms with E-state index >= 15 is 0 Å². The molecule has 0 unspecified atom stereocenters. The SMILES string of the molecule is Cc1c(COc2cc(OCc3cccc(C#N)c3)c(CNC(C)(C)CN3CCN(C)CC3)cc2Cl)cccc1-c1ccc2c(c1)OCCO2. The topological polar surface area (TPSA) is 79.2 Å². The molecule has 4 aromatic rings. The summed E-state index contributed by atoms with van der Waals surface area (Å²) in [5.74, 6) is 2.77. The molecule has 0 saturated carbocycles. The van der Waals surface area contributed by atoms with Crippen molar-refractivity contribution < 1.29 is 18.9 Å². The summed E-state index contributed by atoms with van der Waals surface area (Å²) in [5, 5.41) is 13.7. The second-order valence-electron chi connectivity index (χ2n) is 13.5. The fraction of sp³-hybridized carbons (Fsp3) is 0.375. The second kappa shape index (κ2) is 15.5. The van der Waals surface area contributed by atoms with E-state index < -0.39 is 0 Å². The molecular weight excluding hydrogens is 636 g/mol. The number of fused-ring (bicyclic) bond motifs is 1. The molecule has 1 saturated heterocycles. The Kier molecular flexibility index (Phi) is 11.0. The predicted octanol–water partition coefficient (Wildman–Crippen LogP) is 7.23. The highest BCUT2D eigenvalue weighted by atomic mass is 35.5. The number of piperazine rings is 1. The molecule has 8 nitrogen and oxygen atoms in total. The molecule has 0 aliphatic carbocycles. The Morgan fingerprint density at radius 1 is 0.857 bits per heavy atom. The van der Waals surface area contributed by atoms with Gasteiger partial charge in [0.2, 0.25) is 0 Å². The number of halogens is 1. The van der Waals surface area contributed by atoms with Crippen LogP contribution in [0.3, 0.4) is 0 Å². The Hall–Kier alpha value is -4.26. The monoisotopic (exact) mass is 680 g/mol. The molecule has 0 bridgehead atoms. The van der Waals surface area contributed by atoms with Gasteiger partial charge in [0.05, 0.1) is 16.7 Å². The third-order valence-electron chi connectivity index (χ3n) is 9.22. The molecule has 0 amide bonds. The van der Waals surface area contributed by atoms with Gasteiger partial charge in [-0.1, -0.05) is 48.0 Å². The van der Waals surface area contributed by atoms with Gasteiger partial charge in [-0.25, -0.2) is 0 Å². The molecular formula is C40H45ClN4O4. The summed E-state index contributed by atoms with van der Waals surface area (Å²) in [6.45, 7) is 14.1. The number of hydrogen-bond acceptors (Lipinski definition) is 8. The van der Waals surface area contributed by atoms with Gasteiger partial charge < -0.3 is 29.2 Å². The van der Waals surface area contributed by atoms with Crippen LogP contribution in [0, 0.1) is 18.3 Å². The van der Waals surface area contributed by atoms with E-state index in [1.165, 1.54) is 0 Å². The highest BCUT2D eigenvalue weighted by molar-refractivity contribution is 6.32. The summed E-state index contributed by atoms with van der Waals surface area (Å²) in [4.78, 5) is 4.89. The maximum Gasteiger partial charge on any atom is 0.161 e. The van der Waals surface area contributed by atoms with Gasteiger partial charge in [0.25, 0.3) is 0 Å². The summed E-state index contributed by atoms with van der Waals surface area (Å²) < 4.78 is 24.4. The van der Waals surface area contributed by atoms with E-state index in [2.05, 4.69) is 67.2 Å². The second-order valence-corrected chi connectivity index (χ2v) is 14.0. The molecule has 6 rings (SSSR count). The average molecular weight is 681 g/mol. The molecule has 49 heavy (non-hydrogen) atoms. The van der Waals surface area contributed by atoms with Crippen molar-refractivity contribution in [2.75, 3.05) is 53.0 Å². The van der Waals surface area contributed by atoms with Crippen molar-refractivity contribution in [3.63, 3.8) is 0 Å². The Morgan fingerprint density at radius 3 is 2.41 bits per heavy atom. The van der Waals surface area contributed by atoms with Crippen LogP contribution in [0.4, 0.5) is 0 Å². The molecule has 1 fully saturated rings. The van der Waals surface area contributed by atoms with Crippen molar-refractivity contribution in [1.29, 1.82) is 5.26 Å². The Balaban J connectivity index is 1.20. The molecule has 2 heterocycles. The van der Waals surface area contributed by atoms with E-state index in [0.717, 1.165) is 77.6 Å². The van der Waals surface area contributed by atoms with E-state index in [-0.39, 0.29) is 5.54 Å². The molecule has 0 atom stereocenters. The average Bonchev–Trinajstić information content (AvgIpc) is 3.11. The fourth-order valence-electron chi connectivity index (χ4n) is 6.33. The van der Waals surface area contributed by atoms with Crippen molar-refractivity contribution >= 4 is 11.6 Å². The Morgan fingerprint density at radius 2 is 1.61 bits per heavy atom. The van der Waals surface area contributed by atoms with Gasteiger partial charge in [-0.3, -0.25) is 4.90 Å². The zero-order chi connectivity index (χ0) is 34.4. The number of likely N-dealkylation sites (N-methyl/N-ethyl adjacent to an activating group) is 1. The number of ether oxygens (including phenoxy) is 4. The van der Waals surface area contributed by atoms with E-state index in [4.69, 9.17) is 30.5 Å². The first-order valence-electron chi connectivity index (χ1n) is 16.9. The maximum atomic E-state index is 9.39. The van der Waals surface area contributed by atoms with Gasteiger partial charge >= 0.3 is 0 Å². The van der Waals surface area contributed by atoms with Crippen molar-refractivity contribution in [2.24, 2.45) is 0 Å². The maximum absolute atomic E-state index is 9.39. The lowest BCUT2D eigenvalue weighted by molar-refractivity contribution is 0.123. The van der Waals surface area contributed by atoms with Gasteiger partial charge in [-0.2, -0.15) is 5.26 Å². The standard InChI is InChI=1S/C40H45ClN4O4/c1-28-32(9-6-10-34(28)31-11-12-36-39(21-31)47-18-17-46-36)26-49-38-22-37(48-25-30-8-5-7-29(19-30)23-42)33(20-35(38)41)24-43-40(2,3)27-45-15-13-44(4)14-16-45/h5-12,19-22,43H,13-18,24-27H2,1-4H3. The molecule has 0 radical (unpaired) electrons. The number of rotatable bonds is 12. The Labute approximate surface area is 295 Å². The summed E-state index contributed by atoms with van der Waals surface area (Å²) in [5.41, 5.74) is 6.66. The minimum atomic E-state index is -0.129. The first-order chi connectivity index (χ1) is 23.7. The molecule has 0 spiro atoms. The van der Waals surface area contributed by atoms with Gasteiger partial charge in [0, 0.05) is 56.4 Å². The van der Waals surface area contributed by atoms with Crippen LogP contribution in [0.5, 0.6) is 23.0 Å². The lowest BCUT2D eigenvalue weighted by atomic mass is 9.96. The number of nitrogens with one attached hydrogen (secondary N) is 1. The van der Waals surface area contributed by atoms with Crippen LogP contribution in [0.1, 0.15) is 41.7 Å². The van der Waals surface area contributed by atoms with Crippen LogP contribution < -0.4 is 24.3 Å². The van der Waals surface area contributed by atoms with Gasteiger partial charge in [0.1, 0.15) is 37.9 Å². The van der Waals surface area contributed by atoms with E-state index in [1.54, 1.807) is 6.07 Å². The molecule has 2 aliphatic rings. The highest BCUT2D eigenvalue weighted by Gasteiger charge is 2.25. The summed E-state index contributed by atoms with van der Waals surface area (Å²) in [6, 6.07) is 25.8. The van der Waals surface area contributed by atoms with Crippen LogP contribution in [0.2, 0.25) is 5.02 Å². The number of benzene rings is 4. The summed E-state index contributed by atoms with van der Waals surface area (Å²) >= 11 is 6.90. The molecule has 256 valence electrons. The quantitative estimate of drug-likeness (QED) is 0.168. The largest absolute Gasteiger partial charge is 0.488 e. The van der Waals surface area contributed by atoms with Crippen LogP contribution in [0.15, 0.2) is 72.8 Å². The smallest absolute Gasteiger partial charge is 0.161 e. The third-order valence-corrected chi connectivity index (χ3v) is 9.52. The number of nitriles is 1. The molecule has 4 aromatic carbocycles. The third kappa shape index (κ3) is 8.86. The lowest BCUT2D eigenvalue weighted by Crippen LogP contribution is -2.53. The van der Waals surface area contributed by atoms with E-state index in [0.29, 0.717) is 55.1 Å². The summed E-state index contributed by atoms with van der Waals surface area (Å²) in [6.07, 6.45) is 0. The van der Waals surface area contributed by atoms with E-state index in [9.17, 15) is 5.26 Å². The molecule has 2 aliphatic heterocycles. The first kappa shape index (κ1) is 34.6. The summed E-state index contributed by atoms with van der Waals surface area (Å²) in [7, 11) is 2.18. The minimum Gasteiger partial charge on any atom is -0.488 e. The highest BCUT2D eigenvalue weighted by Crippen LogP contribution is 2.37. The fourth-order valence-corrected chi connectivity index (χ4v) is 6.57. The molecule has 0 aromatic heterocycles. The van der Waals surface area contributed by atoms with Crippen molar-refractivity contribution in [1.82, 2.24) is 15.1 Å². The van der Waals surface area contributed by atoms with Crippen LogP contribution in [-0.4, -0.2) is 68.3 Å². The number of nitrogens with zero attached hydrogens (tertiary/aromatic N) is 3. The zero-order valence-electron chi connectivity index (χ0n) is 28.9. The van der Waals surface area contributed by atoms with Gasteiger partial charge in [-0.05, 0) is 86.0 Å². The van der Waals surface area contributed by atoms with Crippen LogP contribution in [-0.2, 0) is 19.8 Å². The zero-order valence-corrected chi connectivity index (χ0v) is 29.6. The van der Waals surface area contributed by atoms with Gasteiger partial charge in [0.15, 0.2) is 11.5 Å². The van der Waals surface area contributed by atoms with Crippen LogP contribution >= 0.6 is 11.6 Å². The van der Waals surface area contributed by atoms with Gasteiger partial charge in [-0.15, -0.1) is 0 Å². The van der Waals surface area contributed by atoms with Crippen molar-refractivity contribution in [3.8, 4) is 40.2 Å². The normalized spacial score (nSPS) is 15.1. The molecule has 1 N–H and O–H groups in total. The molecule has 9 heteroatoms. The van der Waals surface area contributed by atoms with Crippen molar-refractivity contribution in [3.05, 3.63) is 106 Å². The van der Waals surface area contributed by atoms with Crippen LogP contribution in [0.25, 0.3) is 11.1 Å². The minimum absolute atomic E-state index is 0.129. The first-order valence-corrected chi connectivity index (χ1v) is 17.3. The lowest BCUT2D eigenvalue weighted by Gasteiger charge is -2.38. The van der Waals surface area contributed by atoms with Crippen molar-refractivity contribution in [2.45, 2.75) is 46.1 Å².